The maximum absolute atomic E-state index is 12.4. The second kappa shape index (κ2) is 45.3. The lowest BCUT2D eigenvalue weighted by atomic mass is 10.0. The molecule has 0 fully saturated rings. The molecule has 324 valence electrons. The van der Waals surface area contributed by atoms with E-state index in [-0.39, 0.29) is 6.61 Å². The number of aliphatic hydroxyl groups excluding tert-OH is 3. The topological polar surface area (TPSA) is 89.8 Å². The molecule has 0 aromatic carbocycles. The Hall–Kier alpha value is -1.43. The van der Waals surface area contributed by atoms with E-state index in [1.165, 1.54) is 180 Å². The van der Waals surface area contributed by atoms with Crippen molar-refractivity contribution < 1.29 is 20.1 Å². The average Bonchev–Trinajstić information content (AvgIpc) is 3.19. The van der Waals surface area contributed by atoms with E-state index < -0.39 is 24.2 Å². The number of carbonyl (C=O) groups is 1. The van der Waals surface area contributed by atoms with Gasteiger partial charge in [-0.15, -0.1) is 0 Å². The Bertz CT molecular complexity index is 855. The van der Waals surface area contributed by atoms with Gasteiger partial charge in [0.2, 0.25) is 5.91 Å². The molecule has 0 bridgehead atoms. The number of unbranched alkanes of at least 4 members (excludes halogenated alkanes) is 32. The summed E-state index contributed by atoms with van der Waals surface area (Å²) in [4.78, 5) is 12.4. The predicted molar refractivity (Wildman–Crippen MR) is 241 cm³/mol. The van der Waals surface area contributed by atoms with Crippen molar-refractivity contribution in [2.75, 3.05) is 6.61 Å². The molecule has 1 amide bonds. The lowest BCUT2D eigenvalue weighted by Crippen LogP contribution is -2.48. The van der Waals surface area contributed by atoms with Crippen molar-refractivity contribution >= 4 is 5.91 Å². The van der Waals surface area contributed by atoms with Crippen LogP contribution < -0.4 is 5.32 Å². The number of amides is 1. The van der Waals surface area contributed by atoms with Gasteiger partial charge in [-0.25, -0.2) is 0 Å². The summed E-state index contributed by atoms with van der Waals surface area (Å²) in [6, 6.07) is -0.817. The summed E-state index contributed by atoms with van der Waals surface area (Å²) in [5, 5.41) is 33.0. The van der Waals surface area contributed by atoms with Crippen LogP contribution in [0.25, 0.3) is 0 Å². The number of carbonyl (C=O) groups excluding carboxylic acids is 1. The molecule has 55 heavy (non-hydrogen) atoms. The van der Waals surface area contributed by atoms with Crippen LogP contribution in [-0.2, 0) is 4.79 Å². The Labute approximate surface area is 343 Å². The van der Waals surface area contributed by atoms with E-state index >= 15 is 0 Å². The number of allylic oxidation sites excluding steroid dienone is 5. The highest BCUT2D eigenvalue weighted by molar-refractivity contribution is 5.80. The van der Waals surface area contributed by atoms with E-state index in [9.17, 15) is 20.1 Å². The number of rotatable bonds is 44. The quantitative estimate of drug-likeness (QED) is 0.0367. The van der Waals surface area contributed by atoms with Gasteiger partial charge in [0.1, 0.15) is 6.10 Å². The molecule has 3 atom stereocenters. The first-order valence-corrected chi connectivity index (χ1v) is 24.3. The standard InChI is InChI=1S/C50H95NO4/c1-3-5-7-9-11-13-15-16-17-18-19-20-21-22-23-24-25-26-27-28-29-30-31-32-33-34-35-37-39-41-43-45-49(54)50(55)51-47(46-52)48(53)44-42-40-38-36-14-12-10-8-6-4-2/h6,8,14,36,42,44,47-49,52-54H,3-5,7,9-13,15-35,37-41,43,45-46H2,1-2H3,(H,51,55)/b8-6+,36-14+,44-42+. The average molecular weight is 774 g/mol. The second-order valence-electron chi connectivity index (χ2n) is 16.6. The Morgan fingerprint density at radius 3 is 1.09 bits per heavy atom. The first kappa shape index (κ1) is 53.6. The molecule has 0 saturated carbocycles. The van der Waals surface area contributed by atoms with E-state index in [2.05, 4.69) is 43.5 Å². The third-order valence-corrected chi connectivity index (χ3v) is 11.2. The van der Waals surface area contributed by atoms with Crippen LogP contribution in [0.2, 0.25) is 0 Å². The minimum Gasteiger partial charge on any atom is -0.394 e. The molecule has 5 heteroatoms. The highest BCUT2D eigenvalue weighted by atomic mass is 16.3. The molecule has 0 aromatic heterocycles. The zero-order valence-corrected chi connectivity index (χ0v) is 36.8. The van der Waals surface area contributed by atoms with Crippen molar-refractivity contribution in [1.29, 1.82) is 0 Å². The van der Waals surface area contributed by atoms with Gasteiger partial charge in [0, 0.05) is 0 Å². The van der Waals surface area contributed by atoms with Crippen LogP contribution >= 0.6 is 0 Å². The summed E-state index contributed by atoms with van der Waals surface area (Å²) in [5.74, 6) is -0.517. The van der Waals surface area contributed by atoms with Gasteiger partial charge in [-0.1, -0.05) is 249 Å². The maximum atomic E-state index is 12.4. The SMILES string of the molecule is CC/C=C/CC/C=C/CC/C=C/C(O)C(CO)NC(=O)C(O)CCCCCCCCCCCCCCCCCCCCCCCCCCCCCCCCC. The fraction of sp³-hybridized carbons (Fsp3) is 0.860. The smallest absolute Gasteiger partial charge is 0.249 e. The summed E-state index contributed by atoms with van der Waals surface area (Å²) in [5.41, 5.74) is 0. The van der Waals surface area contributed by atoms with Crippen molar-refractivity contribution in [2.24, 2.45) is 0 Å². The van der Waals surface area contributed by atoms with Gasteiger partial charge in [-0.3, -0.25) is 4.79 Å². The largest absolute Gasteiger partial charge is 0.394 e. The lowest BCUT2D eigenvalue weighted by Gasteiger charge is -2.21. The van der Waals surface area contributed by atoms with E-state index in [0.29, 0.717) is 6.42 Å². The molecule has 0 aromatic rings. The van der Waals surface area contributed by atoms with Crippen LogP contribution in [0.3, 0.4) is 0 Å². The minimum absolute atomic E-state index is 0.380. The van der Waals surface area contributed by atoms with E-state index in [1.54, 1.807) is 6.08 Å². The van der Waals surface area contributed by atoms with Crippen LogP contribution in [0.4, 0.5) is 0 Å². The Morgan fingerprint density at radius 1 is 0.455 bits per heavy atom. The van der Waals surface area contributed by atoms with Gasteiger partial charge in [0.05, 0.1) is 18.8 Å². The minimum atomic E-state index is -1.11. The molecule has 0 aliphatic carbocycles. The van der Waals surface area contributed by atoms with Gasteiger partial charge >= 0.3 is 0 Å². The summed E-state index contributed by atoms with van der Waals surface area (Å²) in [6.45, 7) is 4.05. The van der Waals surface area contributed by atoms with Crippen LogP contribution in [-0.4, -0.2) is 46.1 Å². The van der Waals surface area contributed by atoms with E-state index in [0.717, 1.165) is 51.4 Å². The number of aliphatic hydroxyl groups is 3. The van der Waals surface area contributed by atoms with Crippen molar-refractivity contribution in [3.63, 3.8) is 0 Å². The van der Waals surface area contributed by atoms with Gasteiger partial charge in [-0.05, 0) is 38.5 Å². The number of hydrogen-bond acceptors (Lipinski definition) is 4. The van der Waals surface area contributed by atoms with Crippen molar-refractivity contribution in [2.45, 2.75) is 270 Å². The molecule has 0 radical (unpaired) electrons. The molecule has 0 aliphatic rings. The van der Waals surface area contributed by atoms with Gasteiger partial charge in [-0.2, -0.15) is 0 Å². The third-order valence-electron chi connectivity index (χ3n) is 11.2. The van der Waals surface area contributed by atoms with Crippen molar-refractivity contribution in [1.82, 2.24) is 5.32 Å². The normalized spacial score (nSPS) is 13.8. The summed E-state index contributed by atoms with van der Waals surface area (Å²) in [7, 11) is 0. The molecule has 5 nitrogen and oxygen atoms in total. The highest BCUT2D eigenvalue weighted by Crippen LogP contribution is 2.17. The summed E-state index contributed by atoms with van der Waals surface area (Å²) >= 11 is 0. The second-order valence-corrected chi connectivity index (χ2v) is 16.6. The van der Waals surface area contributed by atoms with Crippen LogP contribution in [0, 0.1) is 0 Å². The van der Waals surface area contributed by atoms with E-state index in [4.69, 9.17) is 0 Å². The Balaban J connectivity index is 3.48. The molecule has 0 spiro atoms. The zero-order valence-electron chi connectivity index (χ0n) is 36.8. The molecule has 0 aliphatic heterocycles. The molecule has 0 saturated heterocycles. The third kappa shape index (κ3) is 40.6. The molecule has 4 N–H and O–H groups in total. The maximum Gasteiger partial charge on any atom is 0.249 e. The van der Waals surface area contributed by atoms with E-state index in [1.807, 2.05) is 6.08 Å². The number of hydrogen-bond donors (Lipinski definition) is 4. The lowest BCUT2D eigenvalue weighted by molar-refractivity contribution is -0.131. The Kier molecular flexibility index (Phi) is 44.1. The first-order valence-electron chi connectivity index (χ1n) is 24.3. The monoisotopic (exact) mass is 774 g/mol. The van der Waals surface area contributed by atoms with Gasteiger partial charge in [0.25, 0.3) is 0 Å². The first-order chi connectivity index (χ1) is 27.1. The van der Waals surface area contributed by atoms with Crippen molar-refractivity contribution in [3.05, 3.63) is 36.5 Å². The fourth-order valence-corrected chi connectivity index (χ4v) is 7.46. The Morgan fingerprint density at radius 2 is 0.764 bits per heavy atom. The molecule has 0 rings (SSSR count). The molecular formula is C50H95NO4. The molecule has 3 unspecified atom stereocenters. The van der Waals surface area contributed by atoms with Crippen LogP contribution in [0.15, 0.2) is 36.5 Å². The fourth-order valence-electron chi connectivity index (χ4n) is 7.46. The van der Waals surface area contributed by atoms with Gasteiger partial charge in [0.15, 0.2) is 0 Å². The van der Waals surface area contributed by atoms with Crippen molar-refractivity contribution in [3.8, 4) is 0 Å². The molecular weight excluding hydrogens is 679 g/mol. The summed E-state index contributed by atoms with van der Waals surface area (Å²) < 4.78 is 0. The predicted octanol–water partition coefficient (Wildman–Crippen LogP) is 14.3. The number of nitrogens with one attached hydrogen (secondary N) is 1. The molecule has 0 heterocycles. The van der Waals surface area contributed by atoms with Gasteiger partial charge < -0.3 is 20.6 Å². The summed E-state index contributed by atoms with van der Waals surface area (Å²) in [6.07, 6.45) is 58.0. The highest BCUT2D eigenvalue weighted by Gasteiger charge is 2.22. The zero-order chi connectivity index (χ0) is 40.1. The van der Waals surface area contributed by atoms with Crippen LogP contribution in [0.5, 0.6) is 0 Å². The van der Waals surface area contributed by atoms with Crippen LogP contribution in [0.1, 0.15) is 251 Å².